The van der Waals surface area contributed by atoms with Crippen molar-refractivity contribution in [2.45, 2.75) is 25.5 Å². The molecule has 1 N–H and O–H groups in total. The SMILES string of the molecule is O[C@@H]1CCCN(Cc2cccc3ccccc23)C1. The van der Waals surface area contributed by atoms with Crippen LogP contribution >= 0.6 is 0 Å². The van der Waals surface area contributed by atoms with Crippen LogP contribution in [0.25, 0.3) is 10.8 Å². The van der Waals surface area contributed by atoms with Crippen molar-refractivity contribution >= 4 is 10.8 Å². The minimum absolute atomic E-state index is 0.145. The normalized spacial score (nSPS) is 21.3. The number of aliphatic hydroxyl groups excluding tert-OH is 1. The number of hydrogen-bond acceptors (Lipinski definition) is 2. The molecule has 1 atom stereocenters. The predicted molar refractivity (Wildman–Crippen MR) is 74.5 cm³/mol. The molecule has 18 heavy (non-hydrogen) atoms. The Morgan fingerprint density at radius 3 is 2.83 bits per heavy atom. The van der Waals surface area contributed by atoms with Gasteiger partial charge in [0.1, 0.15) is 0 Å². The molecule has 0 amide bonds. The maximum absolute atomic E-state index is 9.73. The highest BCUT2D eigenvalue weighted by atomic mass is 16.3. The van der Waals surface area contributed by atoms with E-state index < -0.39 is 0 Å². The molecule has 1 heterocycles. The quantitative estimate of drug-likeness (QED) is 0.874. The molecule has 0 aliphatic carbocycles. The molecule has 2 aromatic carbocycles. The highest BCUT2D eigenvalue weighted by molar-refractivity contribution is 5.85. The van der Waals surface area contributed by atoms with Gasteiger partial charge < -0.3 is 5.11 Å². The molecule has 1 aliphatic heterocycles. The van der Waals surface area contributed by atoms with Crippen molar-refractivity contribution in [1.29, 1.82) is 0 Å². The first-order chi connectivity index (χ1) is 8.83. The van der Waals surface area contributed by atoms with Crippen molar-refractivity contribution in [3.63, 3.8) is 0 Å². The topological polar surface area (TPSA) is 23.5 Å². The van der Waals surface area contributed by atoms with Crippen molar-refractivity contribution in [3.8, 4) is 0 Å². The second-order valence-electron chi connectivity index (χ2n) is 5.17. The Morgan fingerprint density at radius 1 is 1.11 bits per heavy atom. The van der Waals surface area contributed by atoms with Crippen molar-refractivity contribution in [1.82, 2.24) is 4.90 Å². The fourth-order valence-electron chi connectivity index (χ4n) is 2.85. The van der Waals surface area contributed by atoms with E-state index in [2.05, 4.69) is 47.4 Å². The summed E-state index contributed by atoms with van der Waals surface area (Å²) < 4.78 is 0. The van der Waals surface area contributed by atoms with Crippen LogP contribution in [0.3, 0.4) is 0 Å². The fourth-order valence-corrected chi connectivity index (χ4v) is 2.85. The Kier molecular flexibility index (Phi) is 3.31. The first kappa shape index (κ1) is 11.7. The maximum Gasteiger partial charge on any atom is 0.0667 e. The van der Waals surface area contributed by atoms with Gasteiger partial charge in [0, 0.05) is 13.1 Å². The van der Waals surface area contributed by atoms with Crippen molar-refractivity contribution in [2.75, 3.05) is 13.1 Å². The zero-order chi connectivity index (χ0) is 12.4. The lowest BCUT2D eigenvalue weighted by Gasteiger charge is -2.30. The summed E-state index contributed by atoms with van der Waals surface area (Å²) >= 11 is 0. The summed E-state index contributed by atoms with van der Waals surface area (Å²) in [6.07, 6.45) is 1.91. The van der Waals surface area contributed by atoms with Gasteiger partial charge >= 0.3 is 0 Å². The third-order valence-electron chi connectivity index (χ3n) is 3.75. The number of likely N-dealkylation sites (tertiary alicyclic amines) is 1. The van der Waals surface area contributed by atoms with Gasteiger partial charge in [-0.15, -0.1) is 0 Å². The van der Waals surface area contributed by atoms with Gasteiger partial charge in [0.05, 0.1) is 6.10 Å². The largest absolute Gasteiger partial charge is 0.392 e. The molecule has 0 unspecified atom stereocenters. The molecule has 0 spiro atoms. The number of piperidine rings is 1. The molecule has 0 saturated carbocycles. The monoisotopic (exact) mass is 241 g/mol. The van der Waals surface area contributed by atoms with Gasteiger partial charge in [-0.1, -0.05) is 42.5 Å². The summed E-state index contributed by atoms with van der Waals surface area (Å²) in [6.45, 7) is 2.85. The first-order valence-electron chi connectivity index (χ1n) is 6.70. The summed E-state index contributed by atoms with van der Waals surface area (Å²) in [5.74, 6) is 0. The molecule has 0 aromatic heterocycles. The van der Waals surface area contributed by atoms with E-state index in [-0.39, 0.29) is 6.10 Å². The number of β-amino-alcohol motifs (C(OH)–C–C–N with tert-alkyl or cyclic N) is 1. The van der Waals surface area contributed by atoms with Crippen LogP contribution in [-0.4, -0.2) is 29.2 Å². The van der Waals surface area contributed by atoms with Crippen LogP contribution in [0.4, 0.5) is 0 Å². The zero-order valence-corrected chi connectivity index (χ0v) is 10.5. The van der Waals surface area contributed by atoms with E-state index in [9.17, 15) is 5.11 Å². The van der Waals surface area contributed by atoms with Crippen molar-refractivity contribution in [3.05, 3.63) is 48.0 Å². The van der Waals surface area contributed by atoms with Gasteiger partial charge in [-0.3, -0.25) is 4.90 Å². The number of rotatable bonds is 2. The van der Waals surface area contributed by atoms with E-state index in [1.54, 1.807) is 0 Å². The molecule has 1 saturated heterocycles. The van der Waals surface area contributed by atoms with Crippen LogP contribution in [0, 0.1) is 0 Å². The minimum Gasteiger partial charge on any atom is -0.392 e. The van der Waals surface area contributed by atoms with Crippen LogP contribution in [0.1, 0.15) is 18.4 Å². The molecule has 2 nitrogen and oxygen atoms in total. The molecule has 3 rings (SSSR count). The van der Waals surface area contributed by atoms with Gasteiger partial charge in [-0.05, 0) is 35.7 Å². The molecule has 94 valence electrons. The lowest BCUT2D eigenvalue weighted by Crippen LogP contribution is -2.37. The molecule has 1 aliphatic rings. The molecule has 2 aromatic rings. The maximum atomic E-state index is 9.73. The number of fused-ring (bicyclic) bond motifs is 1. The fraction of sp³-hybridized carbons (Fsp3) is 0.375. The number of nitrogens with zero attached hydrogens (tertiary/aromatic N) is 1. The summed E-state index contributed by atoms with van der Waals surface area (Å²) in [4.78, 5) is 2.36. The van der Waals surface area contributed by atoms with E-state index >= 15 is 0 Å². The van der Waals surface area contributed by atoms with E-state index in [1.165, 1.54) is 16.3 Å². The summed E-state index contributed by atoms with van der Waals surface area (Å²) in [6, 6.07) is 15.0. The molecular weight excluding hydrogens is 222 g/mol. The Hall–Kier alpha value is -1.38. The van der Waals surface area contributed by atoms with Crippen LogP contribution in [-0.2, 0) is 6.54 Å². The van der Waals surface area contributed by atoms with Crippen LogP contribution in [0.15, 0.2) is 42.5 Å². The Morgan fingerprint density at radius 2 is 1.94 bits per heavy atom. The predicted octanol–water partition coefficient (Wildman–Crippen LogP) is 2.80. The van der Waals surface area contributed by atoms with Crippen molar-refractivity contribution in [2.24, 2.45) is 0 Å². The van der Waals surface area contributed by atoms with Crippen LogP contribution < -0.4 is 0 Å². The highest BCUT2D eigenvalue weighted by Crippen LogP contribution is 2.21. The second-order valence-corrected chi connectivity index (χ2v) is 5.17. The van der Waals surface area contributed by atoms with Gasteiger partial charge in [0.25, 0.3) is 0 Å². The smallest absolute Gasteiger partial charge is 0.0667 e. The zero-order valence-electron chi connectivity index (χ0n) is 10.5. The number of benzene rings is 2. The van der Waals surface area contributed by atoms with Crippen LogP contribution in [0.2, 0.25) is 0 Å². The average molecular weight is 241 g/mol. The lowest BCUT2D eigenvalue weighted by molar-refractivity contribution is 0.0670. The number of aliphatic hydroxyl groups is 1. The molecule has 2 heteroatoms. The lowest BCUT2D eigenvalue weighted by atomic mass is 10.0. The average Bonchev–Trinajstić information content (AvgIpc) is 2.39. The third-order valence-corrected chi connectivity index (χ3v) is 3.75. The molecular formula is C16H19NO. The molecule has 0 bridgehead atoms. The highest BCUT2D eigenvalue weighted by Gasteiger charge is 2.17. The van der Waals surface area contributed by atoms with Crippen LogP contribution in [0.5, 0.6) is 0 Å². The van der Waals surface area contributed by atoms with E-state index in [4.69, 9.17) is 0 Å². The number of hydrogen-bond donors (Lipinski definition) is 1. The van der Waals surface area contributed by atoms with Gasteiger partial charge in [0.15, 0.2) is 0 Å². The second kappa shape index (κ2) is 5.09. The summed E-state index contributed by atoms with van der Waals surface area (Å²) in [5.41, 5.74) is 1.36. The minimum atomic E-state index is -0.145. The Balaban J connectivity index is 1.86. The van der Waals surface area contributed by atoms with E-state index in [0.717, 1.165) is 32.5 Å². The van der Waals surface area contributed by atoms with Gasteiger partial charge in [0.2, 0.25) is 0 Å². The Bertz CT molecular complexity index is 532. The van der Waals surface area contributed by atoms with Gasteiger partial charge in [-0.2, -0.15) is 0 Å². The third kappa shape index (κ3) is 2.40. The Labute approximate surface area is 108 Å². The van der Waals surface area contributed by atoms with E-state index in [0.29, 0.717) is 0 Å². The van der Waals surface area contributed by atoms with E-state index in [1.807, 2.05) is 0 Å². The van der Waals surface area contributed by atoms with Crippen molar-refractivity contribution < 1.29 is 5.11 Å². The summed E-state index contributed by atoms with van der Waals surface area (Å²) in [5, 5.41) is 12.4. The van der Waals surface area contributed by atoms with Gasteiger partial charge in [-0.25, -0.2) is 0 Å². The standard InChI is InChI=1S/C16H19NO/c18-15-8-4-10-17(12-15)11-14-7-3-6-13-5-1-2-9-16(13)14/h1-3,5-7,9,15,18H,4,8,10-12H2/t15-/m1/s1. The molecule has 1 fully saturated rings. The first-order valence-corrected chi connectivity index (χ1v) is 6.70. The summed E-state index contributed by atoms with van der Waals surface area (Å²) in [7, 11) is 0. The molecule has 0 radical (unpaired) electrons.